The monoisotopic (exact) mass is 530 g/mol. The van der Waals surface area contributed by atoms with E-state index in [1.54, 1.807) is 0 Å². The number of anilines is 1. The SMILES string of the molecule is CC(C)(O/N=C(\C(=O)C[C@@H]1C(=O)N(S(=O)(=O)O)[C@@H]1Cn1cc(CN)nn1)c1csc(N)n1)C(=O)O. The third kappa shape index (κ3) is 5.61. The first-order chi connectivity index (χ1) is 16.2. The van der Waals surface area contributed by atoms with E-state index in [2.05, 4.69) is 20.5 Å². The first-order valence-corrected chi connectivity index (χ1v) is 12.2. The van der Waals surface area contributed by atoms with Crippen molar-refractivity contribution in [1.82, 2.24) is 24.3 Å². The molecule has 0 spiro atoms. The van der Waals surface area contributed by atoms with Gasteiger partial charge in [0.15, 0.2) is 16.6 Å². The smallest absolute Gasteiger partial charge is 0.362 e. The molecule has 6 N–H and O–H groups in total. The molecule has 2 atom stereocenters. The number of nitrogen functional groups attached to an aromatic ring is 1. The minimum atomic E-state index is -4.92. The first kappa shape index (κ1) is 26.1. The molecule has 1 aliphatic rings. The van der Waals surface area contributed by atoms with Crippen LogP contribution in [0.2, 0.25) is 0 Å². The molecule has 1 fully saturated rings. The Kier molecular flexibility index (Phi) is 7.20. The highest BCUT2D eigenvalue weighted by Crippen LogP contribution is 2.34. The van der Waals surface area contributed by atoms with Crippen LogP contribution in [-0.2, 0) is 42.6 Å². The van der Waals surface area contributed by atoms with Gasteiger partial charge in [-0.05, 0) is 13.8 Å². The standard InChI is InChI=1S/C17H22N8O8S2/c1-17(2,15(28)29)33-22-13(10-7-34-16(19)20-10)12(26)3-9-11(25(14(9)27)35(30,31)32)6-24-5-8(4-18)21-23-24/h5,7,9,11H,3-4,6,18H2,1-2H3,(H2,19,20)(H,28,29)(H,30,31,32)/b22-13-/t9-,11+/m0/s1. The maximum atomic E-state index is 13.1. The number of Topliss-reactive ketones (excluding diaryl/α,β-unsaturated/α-hetero) is 1. The van der Waals surface area contributed by atoms with E-state index in [9.17, 15) is 32.5 Å². The highest BCUT2D eigenvalue weighted by molar-refractivity contribution is 7.84. The average molecular weight is 531 g/mol. The minimum absolute atomic E-state index is 0.0162. The van der Waals surface area contributed by atoms with Crippen molar-refractivity contribution in [2.75, 3.05) is 5.73 Å². The molecule has 35 heavy (non-hydrogen) atoms. The van der Waals surface area contributed by atoms with Gasteiger partial charge in [-0.1, -0.05) is 10.4 Å². The molecule has 190 valence electrons. The Morgan fingerprint density at radius 2 is 2.06 bits per heavy atom. The zero-order valence-electron chi connectivity index (χ0n) is 18.4. The Bertz CT molecular complexity index is 1280. The average Bonchev–Trinajstić information content (AvgIpc) is 3.39. The van der Waals surface area contributed by atoms with E-state index in [0.29, 0.717) is 5.69 Å². The van der Waals surface area contributed by atoms with Gasteiger partial charge in [-0.3, -0.25) is 18.8 Å². The predicted molar refractivity (Wildman–Crippen MR) is 119 cm³/mol. The Hall–Kier alpha value is -3.48. The second-order valence-electron chi connectivity index (χ2n) is 7.97. The van der Waals surface area contributed by atoms with Crippen molar-refractivity contribution in [1.29, 1.82) is 0 Å². The Morgan fingerprint density at radius 3 is 2.57 bits per heavy atom. The number of carboxylic acid groups (broad SMARTS) is 1. The number of carbonyl (C=O) groups excluding carboxylic acids is 2. The van der Waals surface area contributed by atoms with E-state index >= 15 is 0 Å². The molecule has 18 heteroatoms. The van der Waals surface area contributed by atoms with Gasteiger partial charge in [0, 0.05) is 24.5 Å². The molecule has 3 rings (SSSR count). The largest absolute Gasteiger partial charge is 0.478 e. The highest BCUT2D eigenvalue weighted by atomic mass is 32.2. The number of carbonyl (C=O) groups is 3. The lowest BCUT2D eigenvalue weighted by Gasteiger charge is -2.43. The molecule has 0 aromatic carbocycles. The van der Waals surface area contributed by atoms with E-state index in [-0.39, 0.29) is 28.2 Å². The molecule has 0 saturated carbocycles. The topological polar surface area (TPSA) is 246 Å². The van der Waals surface area contributed by atoms with Gasteiger partial charge in [0.2, 0.25) is 11.5 Å². The van der Waals surface area contributed by atoms with Crippen LogP contribution in [0.1, 0.15) is 31.7 Å². The second kappa shape index (κ2) is 9.64. The number of aromatic nitrogens is 4. The molecule has 1 amide bonds. The summed E-state index contributed by atoms with van der Waals surface area (Å²) in [5.41, 5.74) is 9.29. The zero-order chi connectivity index (χ0) is 26.1. The summed E-state index contributed by atoms with van der Waals surface area (Å²) in [6.45, 7) is 2.27. The molecule has 1 aliphatic heterocycles. The number of oxime groups is 1. The molecule has 3 heterocycles. The molecule has 0 radical (unpaired) electrons. The van der Waals surface area contributed by atoms with Crippen molar-refractivity contribution in [2.24, 2.45) is 16.8 Å². The number of rotatable bonds is 11. The molecule has 2 aromatic heterocycles. The van der Waals surface area contributed by atoms with Gasteiger partial charge in [-0.25, -0.2) is 14.1 Å². The van der Waals surface area contributed by atoms with Crippen LogP contribution in [0.4, 0.5) is 5.13 Å². The van der Waals surface area contributed by atoms with Crippen LogP contribution in [0.25, 0.3) is 0 Å². The van der Waals surface area contributed by atoms with E-state index in [1.165, 1.54) is 30.1 Å². The van der Waals surface area contributed by atoms with Gasteiger partial charge in [0.25, 0.3) is 0 Å². The van der Waals surface area contributed by atoms with Crippen LogP contribution in [-0.4, -0.2) is 77.4 Å². The number of thiazole rings is 1. The lowest BCUT2D eigenvalue weighted by molar-refractivity contribution is -0.161. The number of hydrogen-bond donors (Lipinski definition) is 4. The lowest BCUT2D eigenvalue weighted by Crippen LogP contribution is -2.64. The van der Waals surface area contributed by atoms with E-state index < -0.39 is 57.7 Å². The third-order valence-corrected chi connectivity index (χ3v) is 6.65. The van der Waals surface area contributed by atoms with E-state index in [4.69, 9.17) is 16.3 Å². The van der Waals surface area contributed by atoms with Crippen LogP contribution in [0.5, 0.6) is 0 Å². The van der Waals surface area contributed by atoms with Gasteiger partial charge in [-0.2, -0.15) is 8.42 Å². The number of aliphatic carboxylic acids is 1. The summed E-state index contributed by atoms with van der Waals surface area (Å²) < 4.78 is 34.4. The molecular weight excluding hydrogens is 508 g/mol. The van der Waals surface area contributed by atoms with Gasteiger partial charge in [0.1, 0.15) is 5.69 Å². The number of carboxylic acids is 1. The van der Waals surface area contributed by atoms with Crippen LogP contribution in [0, 0.1) is 5.92 Å². The molecule has 0 aliphatic carbocycles. The number of hydrogen-bond acceptors (Lipinski definition) is 13. The molecule has 16 nitrogen and oxygen atoms in total. The summed E-state index contributed by atoms with van der Waals surface area (Å²) in [5, 5.41) is 21.9. The maximum absolute atomic E-state index is 13.1. The Morgan fingerprint density at radius 1 is 1.37 bits per heavy atom. The number of amides is 1. The van der Waals surface area contributed by atoms with Crippen molar-refractivity contribution < 1.29 is 37.3 Å². The van der Waals surface area contributed by atoms with Crippen LogP contribution in [0.3, 0.4) is 0 Å². The van der Waals surface area contributed by atoms with E-state index in [0.717, 1.165) is 11.3 Å². The quantitative estimate of drug-likeness (QED) is 0.114. The fourth-order valence-corrected chi connectivity index (χ4v) is 4.59. The van der Waals surface area contributed by atoms with Gasteiger partial charge in [0.05, 0.1) is 24.2 Å². The summed E-state index contributed by atoms with van der Waals surface area (Å²) in [4.78, 5) is 46.0. The van der Waals surface area contributed by atoms with Gasteiger partial charge in [-0.15, -0.1) is 16.4 Å². The molecular formula is C17H22N8O8S2. The van der Waals surface area contributed by atoms with Crippen molar-refractivity contribution in [3.63, 3.8) is 0 Å². The van der Waals surface area contributed by atoms with Crippen LogP contribution in [0.15, 0.2) is 16.7 Å². The summed E-state index contributed by atoms with van der Waals surface area (Å²) in [6, 6.07) is -1.17. The predicted octanol–water partition coefficient (Wildman–Crippen LogP) is -1.35. The summed E-state index contributed by atoms with van der Waals surface area (Å²) >= 11 is 0.985. The van der Waals surface area contributed by atoms with Crippen LogP contribution < -0.4 is 11.5 Å². The number of ketones is 1. The number of nitrogens with zero attached hydrogens (tertiary/aromatic N) is 6. The Balaban J connectivity index is 1.89. The third-order valence-electron chi connectivity index (χ3n) is 5.03. The maximum Gasteiger partial charge on any atom is 0.362 e. The summed E-state index contributed by atoms with van der Waals surface area (Å²) in [5.74, 6) is -4.36. The van der Waals surface area contributed by atoms with Crippen molar-refractivity contribution in [2.45, 2.75) is 45.0 Å². The molecule has 0 bridgehead atoms. The number of β-lactam (4-membered cyclic amide) rings is 1. The minimum Gasteiger partial charge on any atom is -0.478 e. The summed E-state index contributed by atoms with van der Waals surface area (Å²) in [6.07, 6.45) is 0.873. The molecule has 0 unspecified atom stereocenters. The van der Waals surface area contributed by atoms with E-state index in [1.807, 2.05) is 0 Å². The van der Waals surface area contributed by atoms with Crippen molar-refractivity contribution in [3.8, 4) is 0 Å². The first-order valence-electron chi connectivity index (χ1n) is 9.88. The lowest BCUT2D eigenvalue weighted by atomic mass is 9.84. The number of nitrogens with two attached hydrogens (primary N) is 2. The normalized spacial score (nSPS) is 18.9. The second-order valence-corrected chi connectivity index (χ2v) is 10.1. The van der Waals surface area contributed by atoms with Crippen LogP contribution >= 0.6 is 11.3 Å². The van der Waals surface area contributed by atoms with Gasteiger partial charge < -0.3 is 21.4 Å². The summed E-state index contributed by atoms with van der Waals surface area (Å²) in [7, 11) is -4.92. The molecule has 2 aromatic rings. The zero-order valence-corrected chi connectivity index (χ0v) is 20.1. The fraction of sp³-hybridized carbons (Fsp3) is 0.471. The van der Waals surface area contributed by atoms with Crippen molar-refractivity contribution >= 4 is 50.1 Å². The Labute approximate surface area is 202 Å². The van der Waals surface area contributed by atoms with Crippen molar-refractivity contribution in [3.05, 3.63) is 23.0 Å². The highest BCUT2D eigenvalue weighted by Gasteiger charge is 2.54. The fourth-order valence-electron chi connectivity index (χ4n) is 3.13. The molecule has 1 saturated heterocycles. The van der Waals surface area contributed by atoms with Gasteiger partial charge >= 0.3 is 16.3 Å².